The monoisotopic (exact) mass is 505 g/mol. The third-order valence-corrected chi connectivity index (χ3v) is 7.26. The Morgan fingerprint density at radius 3 is 2.70 bits per heavy atom. The van der Waals surface area contributed by atoms with Crippen molar-refractivity contribution in [3.63, 3.8) is 0 Å². The van der Waals surface area contributed by atoms with E-state index < -0.39 is 23.7 Å². The van der Waals surface area contributed by atoms with Crippen molar-refractivity contribution < 1.29 is 15.0 Å². The topological polar surface area (TPSA) is 182 Å². The summed E-state index contributed by atoms with van der Waals surface area (Å²) in [7, 11) is 1.51. The van der Waals surface area contributed by atoms with Gasteiger partial charge in [-0.25, -0.2) is 15.0 Å². The molecular weight excluding hydrogens is 478 g/mol. The first-order valence-electron chi connectivity index (χ1n) is 12.2. The molecule has 2 fully saturated rings. The summed E-state index contributed by atoms with van der Waals surface area (Å²) in [6.45, 7) is 2.39. The molecule has 2 saturated carbocycles. The van der Waals surface area contributed by atoms with Gasteiger partial charge in [-0.2, -0.15) is 14.6 Å². The van der Waals surface area contributed by atoms with Crippen molar-refractivity contribution in [3.8, 4) is 17.5 Å². The molecule has 37 heavy (non-hydrogen) atoms. The van der Waals surface area contributed by atoms with E-state index in [1.54, 1.807) is 42.5 Å². The number of amides is 1. The van der Waals surface area contributed by atoms with Crippen LogP contribution in [-0.2, 0) is 4.79 Å². The van der Waals surface area contributed by atoms with Gasteiger partial charge in [0.25, 0.3) is 5.95 Å². The predicted octanol–water partition coefficient (Wildman–Crippen LogP) is 0.105. The van der Waals surface area contributed by atoms with Crippen LogP contribution in [0.15, 0.2) is 31.0 Å². The Hall–Kier alpha value is -4.04. The number of fused-ring (bicyclic) bond motifs is 1. The fraction of sp³-hybridized carbons (Fsp3) is 0.478. The smallest absolute Gasteiger partial charge is 0.256 e. The molecular formula is C23H27N11O3. The molecule has 4 atom stereocenters. The molecule has 0 aromatic carbocycles. The van der Waals surface area contributed by atoms with Gasteiger partial charge in [0.1, 0.15) is 6.10 Å². The van der Waals surface area contributed by atoms with Crippen molar-refractivity contribution in [3.05, 3.63) is 31.0 Å². The number of carbonyl (C=O) groups is 1. The minimum absolute atomic E-state index is 0.198. The molecule has 0 saturated heterocycles. The van der Waals surface area contributed by atoms with Crippen LogP contribution in [-0.4, -0.2) is 86.4 Å². The van der Waals surface area contributed by atoms with Gasteiger partial charge in [0.2, 0.25) is 5.91 Å². The van der Waals surface area contributed by atoms with Crippen LogP contribution in [0.1, 0.15) is 32.2 Å². The van der Waals surface area contributed by atoms with Crippen LogP contribution in [0, 0.1) is 11.3 Å². The van der Waals surface area contributed by atoms with Gasteiger partial charge in [-0.1, -0.05) is 5.21 Å². The van der Waals surface area contributed by atoms with Crippen LogP contribution in [0.2, 0.25) is 0 Å². The van der Waals surface area contributed by atoms with E-state index in [0.29, 0.717) is 34.4 Å². The van der Waals surface area contributed by atoms with Crippen LogP contribution in [0.4, 0.5) is 5.82 Å². The summed E-state index contributed by atoms with van der Waals surface area (Å²) in [5, 5.41) is 36.1. The molecule has 4 heterocycles. The first-order chi connectivity index (χ1) is 17.9. The Kier molecular flexibility index (Phi) is 5.56. The van der Waals surface area contributed by atoms with E-state index in [-0.39, 0.29) is 18.3 Å². The number of aliphatic hydroxyl groups is 2. The maximum Gasteiger partial charge on any atom is 0.256 e. The van der Waals surface area contributed by atoms with Crippen molar-refractivity contribution in [2.45, 2.75) is 44.4 Å². The van der Waals surface area contributed by atoms with Crippen molar-refractivity contribution in [1.29, 1.82) is 0 Å². The van der Waals surface area contributed by atoms with Crippen LogP contribution in [0.5, 0.6) is 0 Å². The number of anilines is 1. The quantitative estimate of drug-likeness (QED) is 0.267. The molecule has 3 unspecified atom stereocenters. The maximum atomic E-state index is 12.6. The van der Waals surface area contributed by atoms with E-state index >= 15 is 0 Å². The van der Waals surface area contributed by atoms with Crippen LogP contribution in [0.25, 0.3) is 28.6 Å². The summed E-state index contributed by atoms with van der Waals surface area (Å²) in [5.74, 6) is 1.43. The van der Waals surface area contributed by atoms with Gasteiger partial charge in [0.05, 0.1) is 30.1 Å². The molecule has 6 rings (SSSR count). The normalized spacial score (nSPS) is 25.5. The largest absolute Gasteiger partial charge is 0.389 e. The summed E-state index contributed by atoms with van der Waals surface area (Å²) >= 11 is 0. The van der Waals surface area contributed by atoms with Gasteiger partial charge >= 0.3 is 0 Å². The van der Waals surface area contributed by atoms with Crippen LogP contribution >= 0.6 is 0 Å². The second kappa shape index (κ2) is 8.81. The van der Waals surface area contributed by atoms with Gasteiger partial charge in [-0.3, -0.25) is 4.79 Å². The third kappa shape index (κ3) is 3.97. The number of nitrogens with one attached hydrogen (secondary N) is 2. The Bertz CT molecular complexity index is 1450. The second-order valence-electron chi connectivity index (χ2n) is 9.84. The molecule has 4 N–H and O–H groups in total. The SMILES string of the molecule is CNC(=O)[C@@]1(C)CC(n2cnc3c(NCC4CC4)nc(-n4cc(-c5ncccn5)nn4)nc32)C(O)C1O. The number of nitrogens with zero attached hydrogens (tertiary/aromatic N) is 9. The average Bonchev–Trinajstić information content (AvgIpc) is 3.35. The summed E-state index contributed by atoms with van der Waals surface area (Å²) in [6, 6.07) is 1.08. The number of aliphatic hydroxyl groups excluding tert-OH is 2. The number of imidazole rings is 1. The fourth-order valence-corrected chi connectivity index (χ4v) is 4.87. The number of carbonyl (C=O) groups excluding carboxylic acids is 1. The number of aromatic nitrogens is 9. The van der Waals surface area contributed by atoms with Gasteiger partial charge in [0, 0.05) is 26.0 Å². The summed E-state index contributed by atoms with van der Waals surface area (Å²) in [4.78, 5) is 34.9. The third-order valence-electron chi connectivity index (χ3n) is 7.26. The first-order valence-corrected chi connectivity index (χ1v) is 12.2. The first kappa shape index (κ1) is 23.4. The van der Waals surface area contributed by atoms with Gasteiger partial charge in [-0.05, 0) is 38.2 Å². The number of hydrogen-bond donors (Lipinski definition) is 4. The van der Waals surface area contributed by atoms with Crippen molar-refractivity contribution in [1.82, 2.24) is 49.8 Å². The van der Waals surface area contributed by atoms with Crippen molar-refractivity contribution in [2.24, 2.45) is 11.3 Å². The molecule has 0 aliphatic heterocycles. The van der Waals surface area contributed by atoms with E-state index in [0.717, 1.165) is 19.4 Å². The highest BCUT2D eigenvalue weighted by molar-refractivity contribution is 5.85. The molecule has 14 heteroatoms. The maximum absolute atomic E-state index is 12.6. The van der Waals surface area contributed by atoms with Crippen molar-refractivity contribution >= 4 is 22.9 Å². The van der Waals surface area contributed by atoms with Gasteiger partial charge in [-0.15, -0.1) is 5.10 Å². The highest BCUT2D eigenvalue weighted by Crippen LogP contribution is 2.45. The lowest BCUT2D eigenvalue weighted by atomic mass is 9.85. The lowest BCUT2D eigenvalue weighted by Crippen LogP contribution is -2.45. The number of rotatable bonds is 7. The van der Waals surface area contributed by atoms with E-state index in [4.69, 9.17) is 4.98 Å². The van der Waals surface area contributed by atoms with Crippen LogP contribution < -0.4 is 10.6 Å². The number of hydrogen-bond acceptors (Lipinski definition) is 11. The molecule has 0 radical (unpaired) electrons. The molecule has 4 aromatic rings. The molecule has 2 aliphatic rings. The molecule has 1 amide bonds. The zero-order valence-electron chi connectivity index (χ0n) is 20.4. The second-order valence-corrected chi connectivity index (χ2v) is 9.84. The summed E-state index contributed by atoms with van der Waals surface area (Å²) in [5.41, 5.74) is 0.246. The Morgan fingerprint density at radius 2 is 1.97 bits per heavy atom. The zero-order valence-corrected chi connectivity index (χ0v) is 20.4. The molecule has 192 valence electrons. The van der Waals surface area contributed by atoms with Crippen LogP contribution in [0.3, 0.4) is 0 Å². The Labute approximate surface area is 211 Å². The minimum Gasteiger partial charge on any atom is -0.389 e. The Balaban J connectivity index is 1.42. The average molecular weight is 506 g/mol. The lowest BCUT2D eigenvalue weighted by molar-refractivity contribution is -0.136. The fourth-order valence-electron chi connectivity index (χ4n) is 4.87. The van der Waals surface area contributed by atoms with E-state index in [2.05, 4.69) is 40.9 Å². The van der Waals surface area contributed by atoms with Gasteiger partial charge in [0.15, 0.2) is 28.5 Å². The molecule has 14 nitrogen and oxygen atoms in total. The highest BCUT2D eigenvalue weighted by atomic mass is 16.3. The van der Waals surface area contributed by atoms with Crippen molar-refractivity contribution in [2.75, 3.05) is 18.9 Å². The molecule has 2 aliphatic carbocycles. The summed E-state index contributed by atoms with van der Waals surface area (Å²) in [6.07, 6.45) is 6.51. The zero-order chi connectivity index (χ0) is 25.7. The van der Waals surface area contributed by atoms with E-state index in [1.165, 1.54) is 11.7 Å². The molecule has 0 bridgehead atoms. The lowest BCUT2D eigenvalue weighted by Gasteiger charge is -2.26. The van der Waals surface area contributed by atoms with E-state index in [9.17, 15) is 15.0 Å². The summed E-state index contributed by atoms with van der Waals surface area (Å²) < 4.78 is 3.13. The molecule has 4 aromatic heterocycles. The minimum atomic E-state index is -1.26. The Morgan fingerprint density at radius 1 is 1.19 bits per heavy atom. The predicted molar refractivity (Wildman–Crippen MR) is 130 cm³/mol. The highest BCUT2D eigenvalue weighted by Gasteiger charge is 2.54. The standard InChI is InChI=1S/C23H27N11O3/c1-23(21(37)24-2)8-14(16(35)17(23)36)33-11-28-15-19(27-9-12-4-5-12)29-22(30-20(15)33)34-10-13(31-32-34)18-25-6-3-7-26-18/h3,6-7,10-12,14,16-17,35-36H,4-5,8-9H2,1-2H3,(H,24,37)(H,27,29,30)/t14?,16?,17?,23-/m0/s1. The van der Waals surface area contributed by atoms with Gasteiger partial charge < -0.3 is 25.4 Å². The molecule has 0 spiro atoms. The van der Waals surface area contributed by atoms with E-state index in [1.807, 2.05) is 0 Å².